The average molecular weight is 597 g/mol. The van der Waals surface area contributed by atoms with Crippen LogP contribution in [0.4, 0.5) is 17.3 Å². The highest BCUT2D eigenvalue weighted by atomic mass is 35.5. The number of nitrogens with zero attached hydrogens (tertiary/aromatic N) is 5. The Hall–Kier alpha value is -4.47. The number of anilines is 3. The summed E-state index contributed by atoms with van der Waals surface area (Å²) in [5, 5.41) is 8.34. The maximum atomic E-state index is 12.2. The predicted molar refractivity (Wildman–Crippen MR) is 172 cm³/mol. The number of sulfonamides is 1. The van der Waals surface area contributed by atoms with Crippen molar-refractivity contribution in [2.75, 3.05) is 35.0 Å². The fourth-order valence-corrected chi connectivity index (χ4v) is 5.89. The normalized spacial score (nSPS) is 15.1. The second kappa shape index (κ2) is 11.1. The van der Waals surface area contributed by atoms with Crippen LogP contribution < -0.4 is 14.6 Å². The molecule has 0 aliphatic carbocycles. The Bertz CT molecular complexity index is 1910. The summed E-state index contributed by atoms with van der Waals surface area (Å²) in [6.07, 6.45) is 1.66. The Morgan fingerprint density at radius 2 is 1.62 bits per heavy atom. The Kier molecular flexibility index (Phi) is 7.30. The van der Waals surface area contributed by atoms with Gasteiger partial charge in [0.15, 0.2) is 0 Å². The Morgan fingerprint density at radius 1 is 0.905 bits per heavy atom. The first-order chi connectivity index (χ1) is 20.2. The molecular formula is C32H29ClN6O2S. The van der Waals surface area contributed by atoms with Crippen LogP contribution in [0.3, 0.4) is 0 Å². The highest BCUT2D eigenvalue weighted by molar-refractivity contribution is 7.92. The lowest BCUT2D eigenvalue weighted by molar-refractivity contribution is 0.607. The van der Waals surface area contributed by atoms with E-state index in [0.29, 0.717) is 28.6 Å². The van der Waals surface area contributed by atoms with Crippen molar-refractivity contribution in [1.82, 2.24) is 9.97 Å². The minimum Gasteiger partial charge on any atom is -0.378 e. The first kappa shape index (κ1) is 27.7. The van der Waals surface area contributed by atoms with Gasteiger partial charge in [0.2, 0.25) is 16.0 Å². The molecule has 1 aromatic heterocycles. The molecule has 0 saturated carbocycles. The highest BCUT2D eigenvalue weighted by Crippen LogP contribution is 2.39. The molecule has 10 heteroatoms. The summed E-state index contributed by atoms with van der Waals surface area (Å²) in [4.78, 5) is 12.1. The fourth-order valence-electron chi connectivity index (χ4n) is 5.14. The number of hydrogen-bond acceptors (Lipinski definition) is 7. The largest absolute Gasteiger partial charge is 0.378 e. The number of hydrogen-bond donors (Lipinski definition) is 1. The zero-order valence-corrected chi connectivity index (χ0v) is 24.9. The third kappa shape index (κ3) is 5.66. The van der Waals surface area contributed by atoms with Gasteiger partial charge in [0.1, 0.15) is 0 Å². The third-order valence-electron chi connectivity index (χ3n) is 7.14. The fraction of sp³-hybridized carbons (Fsp3) is 0.156. The van der Waals surface area contributed by atoms with Gasteiger partial charge in [0.05, 0.1) is 34.9 Å². The van der Waals surface area contributed by atoms with E-state index in [1.165, 1.54) is 0 Å². The molecule has 5 aromatic rings. The number of hydrazone groups is 1. The van der Waals surface area contributed by atoms with Gasteiger partial charge in [-0.05, 0) is 42.0 Å². The molecule has 0 fully saturated rings. The molecule has 2 heterocycles. The van der Waals surface area contributed by atoms with Crippen LogP contribution in [0.1, 0.15) is 23.6 Å². The molecule has 0 saturated heterocycles. The molecule has 1 aliphatic rings. The molecular weight excluding hydrogens is 568 g/mol. The van der Waals surface area contributed by atoms with Crippen LogP contribution in [0.25, 0.3) is 22.2 Å². The summed E-state index contributed by atoms with van der Waals surface area (Å²) in [6.45, 7) is 0. The summed E-state index contributed by atoms with van der Waals surface area (Å²) in [5.41, 5.74) is 6.45. The van der Waals surface area contributed by atoms with E-state index in [-0.39, 0.29) is 6.04 Å². The van der Waals surface area contributed by atoms with Crippen molar-refractivity contribution < 1.29 is 8.42 Å². The van der Waals surface area contributed by atoms with Crippen molar-refractivity contribution >= 4 is 55.6 Å². The maximum absolute atomic E-state index is 12.2. The lowest BCUT2D eigenvalue weighted by atomic mass is 9.97. The number of para-hydroxylation sites is 1. The Morgan fingerprint density at radius 3 is 2.33 bits per heavy atom. The van der Waals surface area contributed by atoms with E-state index >= 15 is 0 Å². The third-order valence-corrected chi connectivity index (χ3v) is 7.96. The second-order valence-corrected chi connectivity index (χ2v) is 12.6. The zero-order valence-electron chi connectivity index (χ0n) is 23.4. The highest BCUT2D eigenvalue weighted by Gasteiger charge is 2.33. The van der Waals surface area contributed by atoms with Crippen molar-refractivity contribution in [3.8, 4) is 11.3 Å². The Balaban J connectivity index is 1.53. The van der Waals surface area contributed by atoms with Crippen molar-refractivity contribution in [1.29, 1.82) is 0 Å². The number of benzene rings is 4. The van der Waals surface area contributed by atoms with E-state index in [2.05, 4.69) is 33.9 Å². The van der Waals surface area contributed by atoms with Crippen LogP contribution >= 0.6 is 11.6 Å². The van der Waals surface area contributed by atoms with Crippen molar-refractivity contribution in [3.05, 3.63) is 113 Å². The van der Waals surface area contributed by atoms with Crippen LogP contribution in [0.2, 0.25) is 5.02 Å². The molecule has 4 aromatic carbocycles. The number of nitrogens with one attached hydrogen (secondary N) is 1. The molecule has 42 heavy (non-hydrogen) atoms. The molecule has 1 unspecified atom stereocenters. The van der Waals surface area contributed by atoms with E-state index in [0.717, 1.165) is 45.4 Å². The molecule has 0 bridgehead atoms. The van der Waals surface area contributed by atoms with Gasteiger partial charge in [-0.1, -0.05) is 72.3 Å². The number of halogens is 1. The van der Waals surface area contributed by atoms with Crippen LogP contribution in [0.15, 0.2) is 102 Å². The van der Waals surface area contributed by atoms with Gasteiger partial charge in [-0.3, -0.25) is 4.72 Å². The maximum Gasteiger partial charge on any atom is 0.247 e. The van der Waals surface area contributed by atoms with Gasteiger partial charge < -0.3 is 4.90 Å². The molecule has 6 rings (SSSR count). The summed E-state index contributed by atoms with van der Waals surface area (Å²) in [5.74, 6) is 0.439. The lowest BCUT2D eigenvalue weighted by Gasteiger charge is -2.23. The van der Waals surface area contributed by atoms with Crippen LogP contribution in [0, 0.1) is 0 Å². The summed E-state index contributed by atoms with van der Waals surface area (Å²) in [6, 6.07) is 30.9. The monoisotopic (exact) mass is 596 g/mol. The van der Waals surface area contributed by atoms with E-state index in [1.807, 2.05) is 79.8 Å². The standard InChI is InChI=1S/C32H29ClN6O2S/c1-38(2)24-16-13-21(14-17-24)30-20-29(25-11-7-8-12-28(25)37-42(3,40)41)36-39(30)32-34-27-18-15-23(33)19-26(27)31(35-32)22-9-5-4-6-10-22/h4-19,30,37H,20H2,1-3H3. The summed E-state index contributed by atoms with van der Waals surface area (Å²) in [7, 11) is 0.512. The molecule has 0 radical (unpaired) electrons. The summed E-state index contributed by atoms with van der Waals surface area (Å²) >= 11 is 6.39. The molecule has 1 atom stereocenters. The molecule has 212 valence electrons. The minimum absolute atomic E-state index is 0.226. The van der Waals surface area contributed by atoms with Gasteiger partial charge in [0, 0.05) is 47.7 Å². The van der Waals surface area contributed by atoms with Gasteiger partial charge in [0.25, 0.3) is 0 Å². The molecule has 1 N–H and O–H groups in total. The minimum atomic E-state index is -3.50. The number of aromatic nitrogens is 2. The molecule has 8 nitrogen and oxygen atoms in total. The number of rotatable bonds is 7. The lowest BCUT2D eigenvalue weighted by Crippen LogP contribution is -2.21. The van der Waals surface area contributed by atoms with E-state index in [4.69, 9.17) is 26.7 Å². The first-order valence-corrected chi connectivity index (χ1v) is 15.7. The average Bonchev–Trinajstić information content (AvgIpc) is 3.42. The van der Waals surface area contributed by atoms with Gasteiger partial charge >= 0.3 is 0 Å². The second-order valence-electron chi connectivity index (χ2n) is 10.4. The number of fused-ring (bicyclic) bond motifs is 1. The predicted octanol–water partition coefficient (Wildman–Crippen LogP) is 6.74. The first-order valence-electron chi connectivity index (χ1n) is 13.4. The zero-order chi connectivity index (χ0) is 29.4. The summed E-state index contributed by atoms with van der Waals surface area (Å²) < 4.78 is 26.9. The van der Waals surface area contributed by atoms with Crippen LogP contribution in [0.5, 0.6) is 0 Å². The van der Waals surface area contributed by atoms with E-state index < -0.39 is 10.0 Å². The SMILES string of the molecule is CN(C)c1ccc(C2CC(c3ccccc3NS(C)(=O)=O)=NN2c2nc(-c3ccccc3)c3cc(Cl)ccc3n2)cc1. The van der Waals surface area contributed by atoms with E-state index in [1.54, 1.807) is 12.1 Å². The van der Waals surface area contributed by atoms with E-state index in [9.17, 15) is 8.42 Å². The molecule has 0 amide bonds. The van der Waals surface area contributed by atoms with Gasteiger partial charge in [-0.2, -0.15) is 5.10 Å². The molecule has 1 aliphatic heterocycles. The van der Waals surface area contributed by atoms with Crippen molar-refractivity contribution in [2.45, 2.75) is 12.5 Å². The topological polar surface area (TPSA) is 90.8 Å². The van der Waals surface area contributed by atoms with Crippen molar-refractivity contribution in [3.63, 3.8) is 0 Å². The molecule has 0 spiro atoms. The van der Waals surface area contributed by atoms with Gasteiger partial charge in [-0.15, -0.1) is 0 Å². The Labute approximate surface area is 250 Å². The van der Waals surface area contributed by atoms with Crippen LogP contribution in [-0.2, 0) is 10.0 Å². The van der Waals surface area contributed by atoms with Gasteiger partial charge in [-0.25, -0.2) is 23.4 Å². The van der Waals surface area contributed by atoms with Crippen molar-refractivity contribution in [2.24, 2.45) is 5.10 Å². The smallest absolute Gasteiger partial charge is 0.247 e. The quantitative estimate of drug-likeness (QED) is 0.224. The van der Waals surface area contributed by atoms with Crippen LogP contribution in [-0.4, -0.2) is 44.4 Å².